The van der Waals surface area contributed by atoms with E-state index in [1.54, 1.807) is 31.4 Å². The molecule has 6 nitrogen and oxygen atoms in total. The minimum atomic E-state index is -2.79. The van der Waals surface area contributed by atoms with Crippen LogP contribution >= 0.6 is 0 Å². The molecule has 1 amide bonds. The van der Waals surface area contributed by atoms with Gasteiger partial charge in [0.05, 0.1) is 25.0 Å². The molecule has 0 aliphatic rings. The lowest BCUT2D eigenvalue weighted by Gasteiger charge is -2.15. The Hall–Kier alpha value is -3.81. The topological polar surface area (TPSA) is 68.5 Å². The first-order valence-corrected chi connectivity index (χ1v) is 11.1. The molecule has 4 rings (SSSR count). The first-order chi connectivity index (χ1) is 16.4. The van der Waals surface area contributed by atoms with Crippen molar-refractivity contribution in [1.82, 2.24) is 19.9 Å². The number of rotatable bonds is 8. The van der Waals surface area contributed by atoms with Gasteiger partial charge in [0, 0.05) is 5.56 Å². The largest absolute Gasteiger partial charge is 0.497 e. The van der Waals surface area contributed by atoms with Gasteiger partial charge in [-0.3, -0.25) is 4.79 Å². The van der Waals surface area contributed by atoms with Crippen LogP contribution < -0.4 is 10.1 Å². The van der Waals surface area contributed by atoms with Gasteiger partial charge >= 0.3 is 0 Å². The van der Waals surface area contributed by atoms with Gasteiger partial charge in [-0.2, -0.15) is 5.10 Å². The summed E-state index contributed by atoms with van der Waals surface area (Å²) in [4.78, 5) is 17.6. The van der Waals surface area contributed by atoms with Crippen LogP contribution in [0.15, 0.2) is 60.8 Å². The zero-order valence-electron chi connectivity index (χ0n) is 19.3. The molecule has 176 valence electrons. The first-order valence-electron chi connectivity index (χ1n) is 11.1. The average Bonchev–Trinajstić information content (AvgIpc) is 3.28. The Balaban J connectivity index is 1.66. The van der Waals surface area contributed by atoms with Crippen molar-refractivity contribution < 1.29 is 18.3 Å². The van der Waals surface area contributed by atoms with E-state index in [1.165, 1.54) is 17.8 Å². The average molecular weight is 465 g/mol. The molecule has 0 radical (unpaired) electrons. The lowest BCUT2D eigenvalue weighted by atomic mass is 10.0. The van der Waals surface area contributed by atoms with Crippen molar-refractivity contribution in [3.63, 3.8) is 0 Å². The van der Waals surface area contributed by atoms with Crippen LogP contribution in [-0.4, -0.2) is 27.6 Å². The number of benzene rings is 2. The van der Waals surface area contributed by atoms with Crippen LogP contribution in [0.2, 0.25) is 0 Å². The van der Waals surface area contributed by atoms with Crippen LogP contribution in [0, 0.1) is 0 Å². The number of halogens is 2. The van der Waals surface area contributed by atoms with Gasteiger partial charge in [0.15, 0.2) is 5.65 Å². The highest BCUT2D eigenvalue weighted by atomic mass is 19.3. The summed E-state index contributed by atoms with van der Waals surface area (Å²) >= 11 is 0. The number of ether oxygens (including phenoxy) is 1. The van der Waals surface area contributed by atoms with Crippen molar-refractivity contribution in [3.05, 3.63) is 83.2 Å². The Bertz CT molecular complexity index is 1280. The molecule has 1 atom stereocenters. The molecule has 0 saturated carbocycles. The zero-order valence-corrected chi connectivity index (χ0v) is 19.3. The van der Waals surface area contributed by atoms with E-state index in [2.05, 4.69) is 34.5 Å². The van der Waals surface area contributed by atoms with E-state index in [9.17, 15) is 13.6 Å². The molecule has 1 unspecified atom stereocenters. The van der Waals surface area contributed by atoms with Crippen LogP contribution in [0.25, 0.3) is 16.9 Å². The number of carbonyl (C=O) groups is 1. The van der Waals surface area contributed by atoms with Crippen molar-refractivity contribution in [2.45, 2.75) is 39.2 Å². The molecule has 0 fully saturated rings. The maximum absolute atomic E-state index is 13.8. The van der Waals surface area contributed by atoms with Gasteiger partial charge in [-0.1, -0.05) is 37.6 Å². The van der Waals surface area contributed by atoms with E-state index < -0.39 is 12.3 Å². The second-order valence-electron chi connectivity index (χ2n) is 8.08. The minimum absolute atomic E-state index is 0.0756. The van der Waals surface area contributed by atoms with Crippen LogP contribution in [0.5, 0.6) is 5.75 Å². The predicted molar refractivity (Wildman–Crippen MR) is 126 cm³/mol. The molecule has 34 heavy (non-hydrogen) atoms. The lowest BCUT2D eigenvalue weighted by molar-refractivity contribution is 0.0941. The molecule has 8 heteroatoms. The first kappa shape index (κ1) is 23.4. The van der Waals surface area contributed by atoms with Crippen LogP contribution in [0.1, 0.15) is 59.9 Å². The highest BCUT2D eigenvalue weighted by Crippen LogP contribution is 2.28. The van der Waals surface area contributed by atoms with Gasteiger partial charge in [0.25, 0.3) is 12.3 Å². The SMILES string of the molecule is CCCc1ccc(C(C)NC(=O)c2cnn3c(C(F)F)cc(-c4ccc(OC)cc4)nc23)cc1. The Morgan fingerprint density at radius 2 is 1.82 bits per heavy atom. The fourth-order valence-corrected chi connectivity index (χ4v) is 3.83. The number of nitrogens with one attached hydrogen (secondary N) is 1. The molecule has 0 spiro atoms. The van der Waals surface area contributed by atoms with Crippen LogP contribution in [0.4, 0.5) is 8.78 Å². The number of nitrogens with zero attached hydrogens (tertiary/aromatic N) is 3. The highest BCUT2D eigenvalue weighted by Gasteiger charge is 2.22. The smallest absolute Gasteiger partial charge is 0.280 e. The number of aromatic nitrogens is 3. The monoisotopic (exact) mass is 464 g/mol. The van der Waals surface area contributed by atoms with Gasteiger partial charge in [0.2, 0.25) is 0 Å². The minimum Gasteiger partial charge on any atom is -0.497 e. The van der Waals surface area contributed by atoms with E-state index in [0.29, 0.717) is 17.0 Å². The van der Waals surface area contributed by atoms with Crippen LogP contribution in [-0.2, 0) is 6.42 Å². The Morgan fingerprint density at radius 1 is 1.12 bits per heavy atom. The number of hydrogen-bond donors (Lipinski definition) is 1. The van der Waals surface area contributed by atoms with Crippen molar-refractivity contribution in [1.29, 1.82) is 0 Å². The normalized spacial score (nSPS) is 12.2. The summed E-state index contributed by atoms with van der Waals surface area (Å²) in [7, 11) is 1.55. The molecule has 1 N–H and O–H groups in total. The fourth-order valence-electron chi connectivity index (χ4n) is 3.83. The number of aryl methyl sites for hydroxylation is 1. The van der Waals surface area contributed by atoms with Crippen molar-refractivity contribution in [2.75, 3.05) is 7.11 Å². The van der Waals surface area contributed by atoms with E-state index in [0.717, 1.165) is 22.9 Å². The molecule has 4 aromatic rings. The number of carbonyl (C=O) groups excluding carboxylic acids is 1. The third kappa shape index (κ3) is 4.76. The second-order valence-corrected chi connectivity index (χ2v) is 8.08. The molecule has 2 aromatic heterocycles. The molecule has 0 aliphatic heterocycles. The predicted octanol–water partition coefficient (Wildman–Crippen LogP) is 5.79. The van der Waals surface area contributed by atoms with E-state index in [1.807, 2.05) is 19.1 Å². The molecule has 2 heterocycles. The van der Waals surface area contributed by atoms with Crippen LogP contribution in [0.3, 0.4) is 0 Å². The van der Waals surface area contributed by atoms with Crippen molar-refractivity contribution >= 4 is 11.6 Å². The summed E-state index contributed by atoms with van der Waals surface area (Å²) in [5.41, 5.74) is 3.00. The summed E-state index contributed by atoms with van der Waals surface area (Å²) in [5, 5.41) is 6.96. The van der Waals surface area contributed by atoms with Gasteiger partial charge in [-0.05, 0) is 54.8 Å². The number of alkyl halides is 2. The zero-order chi connectivity index (χ0) is 24.2. The van der Waals surface area contributed by atoms with Gasteiger partial charge in [-0.15, -0.1) is 0 Å². The fraction of sp³-hybridized carbons (Fsp3) is 0.269. The molecule has 0 saturated heterocycles. The number of hydrogen-bond acceptors (Lipinski definition) is 4. The number of fused-ring (bicyclic) bond motifs is 1. The quantitative estimate of drug-likeness (QED) is 0.359. The third-order valence-corrected chi connectivity index (χ3v) is 5.72. The molecular formula is C26H26F2N4O2. The van der Waals surface area contributed by atoms with Gasteiger partial charge < -0.3 is 10.1 Å². The van der Waals surface area contributed by atoms with Gasteiger partial charge in [0.1, 0.15) is 17.0 Å². The van der Waals surface area contributed by atoms with E-state index in [-0.39, 0.29) is 22.9 Å². The van der Waals surface area contributed by atoms with E-state index >= 15 is 0 Å². The lowest BCUT2D eigenvalue weighted by Crippen LogP contribution is -2.26. The summed E-state index contributed by atoms with van der Waals surface area (Å²) in [6.45, 7) is 4.00. The standard InChI is InChI=1S/C26H26F2N4O2/c1-4-5-17-6-8-18(9-7-17)16(2)30-26(33)21-15-29-32-23(24(27)28)14-22(31-25(21)32)19-10-12-20(34-3)13-11-19/h6-16,24H,4-5H2,1-3H3,(H,30,33). The number of amides is 1. The second kappa shape index (κ2) is 9.99. The Labute approximate surface area is 196 Å². The Morgan fingerprint density at radius 3 is 2.44 bits per heavy atom. The molecule has 2 aromatic carbocycles. The molecule has 0 aliphatic carbocycles. The molecular weight excluding hydrogens is 438 g/mol. The third-order valence-electron chi connectivity index (χ3n) is 5.72. The maximum atomic E-state index is 13.8. The summed E-state index contributed by atoms with van der Waals surface area (Å²) in [5.74, 6) is 0.208. The summed E-state index contributed by atoms with van der Waals surface area (Å²) in [6, 6.07) is 16.0. The summed E-state index contributed by atoms with van der Waals surface area (Å²) < 4.78 is 33.8. The number of methoxy groups -OCH3 is 1. The van der Waals surface area contributed by atoms with Crippen molar-refractivity contribution in [3.8, 4) is 17.0 Å². The van der Waals surface area contributed by atoms with E-state index in [4.69, 9.17) is 4.74 Å². The summed E-state index contributed by atoms with van der Waals surface area (Å²) in [6.07, 6.45) is 0.544. The van der Waals surface area contributed by atoms with Crippen molar-refractivity contribution in [2.24, 2.45) is 0 Å². The Kier molecular flexibility index (Phi) is 6.86. The maximum Gasteiger partial charge on any atom is 0.280 e. The molecule has 0 bridgehead atoms. The van der Waals surface area contributed by atoms with Gasteiger partial charge in [-0.25, -0.2) is 18.3 Å². The highest BCUT2D eigenvalue weighted by molar-refractivity contribution is 6.00.